The van der Waals surface area contributed by atoms with Crippen molar-refractivity contribution < 1.29 is 28.9 Å². The molecule has 0 saturated carbocycles. The summed E-state index contributed by atoms with van der Waals surface area (Å²) in [5.41, 5.74) is 3.39. The van der Waals surface area contributed by atoms with Gasteiger partial charge in [-0.2, -0.15) is 5.10 Å². The number of hydrogen-bond acceptors (Lipinski definition) is 6. The number of carbonyl (C=O) groups excluding carboxylic acids is 1. The predicted octanol–water partition coefficient (Wildman–Crippen LogP) is 3.36. The van der Waals surface area contributed by atoms with Crippen molar-refractivity contribution in [3.8, 4) is 17.2 Å². The van der Waals surface area contributed by atoms with Crippen LogP contribution >= 0.6 is 11.6 Å². The van der Waals surface area contributed by atoms with Gasteiger partial charge in [-0.05, 0) is 55.8 Å². The average Bonchev–Trinajstić information content (AvgIpc) is 2.68. The van der Waals surface area contributed by atoms with Crippen LogP contribution in [-0.4, -0.2) is 43.0 Å². The molecule has 0 aliphatic carbocycles. The second-order valence-corrected chi connectivity index (χ2v) is 6.01. The highest BCUT2D eigenvalue weighted by Crippen LogP contribution is 2.28. The van der Waals surface area contributed by atoms with Crippen LogP contribution in [0.15, 0.2) is 41.5 Å². The zero-order valence-electron chi connectivity index (χ0n) is 16.0. The Kier molecular flexibility index (Phi) is 8.29. The molecule has 1 amide bonds. The maximum absolute atomic E-state index is 12.3. The average molecular weight is 421 g/mol. The predicted molar refractivity (Wildman–Crippen MR) is 108 cm³/mol. The lowest BCUT2D eigenvalue weighted by Crippen LogP contribution is -2.17. The van der Waals surface area contributed by atoms with Crippen LogP contribution in [0, 0.1) is 0 Å². The van der Waals surface area contributed by atoms with E-state index >= 15 is 0 Å². The van der Waals surface area contributed by atoms with Crippen molar-refractivity contribution in [3.05, 3.63) is 52.5 Å². The van der Waals surface area contributed by atoms with Crippen LogP contribution in [-0.2, 0) is 4.79 Å². The molecule has 0 saturated heterocycles. The largest absolute Gasteiger partial charge is 0.490 e. The van der Waals surface area contributed by atoms with E-state index in [1.165, 1.54) is 12.3 Å². The molecule has 0 aliphatic heterocycles. The molecule has 9 heteroatoms. The number of nitrogens with zero attached hydrogens (tertiary/aromatic N) is 1. The third-order valence-corrected chi connectivity index (χ3v) is 3.79. The Morgan fingerprint density at radius 1 is 1.03 bits per heavy atom. The summed E-state index contributed by atoms with van der Waals surface area (Å²) in [6.45, 7) is 4.14. The van der Waals surface area contributed by atoms with E-state index in [1.54, 1.807) is 30.3 Å². The lowest BCUT2D eigenvalue weighted by molar-refractivity contribution is -0.139. The summed E-state index contributed by atoms with van der Waals surface area (Å²) in [7, 11) is 0. The van der Waals surface area contributed by atoms with E-state index in [4.69, 9.17) is 30.9 Å². The zero-order valence-corrected chi connectivity index (χ0v) is 16.7. The normalized spacial score (nSPS) is 10.6. The van der Waals surface area contributed by atoms with Gasteiger partial charge in [0.2, 0.25) is 0 Å². The Morgan fingerprint density at radius 3 is 2.38 bits per heavy atom. The molecule has 0 heterocycles. The van der Waals surface area contributed by atoms with Gasteiger partial charge in [0.1, 0.15) is 5.75 Å². The fourth-order valence-electron chi connectivity index (χ4n) is 2.28. The van der Waals surface area contributed by atoms with Crippen LogP contribution in [0.1, 0.15) is 29.8 Å². The first-order valence-electron chi connectivity index (χ1n) is 8.81. The minimum atomic E-state index is -1.10. The number of nitrogens with one attached hydrogen (secondary N) is 1. The summed E-state index contributed by atoms with van der Waals surface area (Å²) < 4.78 is 16.0. The maximum Gasteiger partial charge on any atom is 0.341 e. The van der Waals surface area contributed by atoms with Crippen LogP contribution < -0.4 is 19.6 Å². The number of carboxylic acids is 1. The quantitative estimate of drug-likeness (QED) is 0.451. The third kappa shape index (κ3) is 6.69. The molecule has 29 heavy (non-hydrogen) atoms. The Labute approximate surface area is 173 Å². The number of rotatable bonds is 10. The minimum absolute atomic E-state index is 0.231. The summed E-state index contributed by atoms with van der Waals surface area (Å²) in [5, 5.41) is 12.8. The second kappa shape index (κ2) is 10.9. The second-order valence-electron chi connectivity index (χ2n) is 5.60. The number of aliphatic carboxylic acids is 1. The molecule has 0 fully saturated rings. The Hall–Kier alpha value is -3.26. The van der Waals surface area contributed by atoms with Crippen LogP contribution in [0.3, 0.4) is 0 Å². The van der Waals surface area contributed by atoms with Crippen LogP contribution in [0.2, 0.25) is 5.02 Å². The van der Waals surface area contributed by atoms with Crippen molar-refractivity contribution in [2.75, 3.05) is 19.8 Å². The lowest BCUT2D eigenvalue weighted by Gasteiger charge is -2.11. The summed E-state index contributed by atoms with van der Waals surface area (Å²) in [5.74, 6) is -0.231. The van der Waals surface area contributed by atoms with Gasteiger partial charge in [-0.3, -0.25) is 4.79 Å². The summed E-state index contributed by atoms with van der Waals surface area (Å²) >= 11 is 6.05. The number of hydrogen-bond donors (Lipinski definition) is 2. The highest BCUT2D eigenvalue weighted by atomic mass is 35.5. The standard InChI is InChI=1S/C20H21ClN2O6/c1-3-27-17-8-6-14(10-18(17)28-4-2)20(26)23-22-11-13-5-7-16(15(21)9-13)29-12-19(24)25/h5-11H,3-4,12H2,1-2H3,(H,23,26)(H,24,25)/b22-11+. The molecule has 0 aromatic heterocycles. The first-order valence-corrected chi connectivity index (χ1v) is 9.19. The fraction of sp³-hybridized carbons (Fsp3) is 0.250. The van der Waals surface area contributed by atoms with Gasteiger partial charge in [0.25, 0.3) is 5.91 Å². The number of carboxylic acid groups (broad SMARTS) is 1. The summed E-state index contributed by atoms with van der Waals surface area (Å²) in [4.78, 5) is 22.8. The van der Waals surface area contributed by atoms with Crippen molar-refractivity contribution in [2.24, 2.45) is 5.10 Å². The van der Waals surface area contributed by atoms with Crippen LogP contribution in [0.25, 0.3) is 0 Å². The molecule has 2 aromatic rings. The molecule has 8 nitrogen and oxygen atoms in total. The van der Waals surface area contributed by atoms with Gasteiger partial charge in [0, 0.05) is 5.56 Å². The highest BCUT2D eigenvalue weighted by molar-refractivity contribution is 6.32. The molecule has 2 rings (SSSR count). The van der Waals surface area contributed by atoms with Gasteiger partial charge in [-0.1, -0.05) is 11.6 Å². The monoisotopic (exact) mass is 420 g/mol. The Morgan fingerprint density at radius 2 is 1.72 bits per heavy atom. The SMILES string of the molecule is CCOc1ccc(C(=O)N/N=C/c2ccc(OCC(=O)O)c(Cl)c2)cc1OCC. The van der Waals surface area contributed by atoms with Crippen LogP contribution in [0.5, 0.6) is 17.2 Å². The van der Waals surface area contributed by atoms with E-state index in [1.807, 2.05) is 13.8 Å². The van der Waals surface area contributed by atoms with Gasteiger partial charge in [0.15, 0.2) is 18.1 Å². The Balaban J connectivity index is 2.02. The Bertz CT molecular complexity index is 901. The van der Waals surface area contributed by atoms with Gasteiger partial charge in [0.05, 0.1) is 24.5 Å². The molecule has 0 spiro atoms. The molecular weight excluding hydrogens is 400 g/mol. The molecule has 2 N–H and O–H groups in total. The van der Waals surface area contributed by atoms with Crippen molar-refractivity contribution in [2.45, 2.75) is 13.8 Å². The number of hydrazone groups is 1. The first kappa shape index (κ1) is 22.0. The van der Waals surface area contributed by atoms with E-state index in [0.29, 0.717) is 35.8 Å². The third-order valence-electron chi connectivity index (χ3n) is 3.49. The van der Waals surface area contributed by atoms with Gasteiger partial charge >= 0.3 is 5.97 Å². The lowest BCUT2D eigenvalue weighted by atomic mass is 10.2. The molecule has 0 radical (unpaired) electrons. The molecule has 2 aromatic carbocycles. The van der Waals surface area contributed by atoms with E-state index in [2.05, 4.69) is 10.5 Å². The molecule has 154 valence electrons. The summed E-state index contributed by atoms with van der Waals surface area (Å²) in [6.07, 6.45) is 1.41. The molecule has 0 atom stereocenters. The molecular formula is C20H21ClN2O6. The number of benzene rings is 2. The topological polar surface area (TPSA) is 106 Å². The van der Waals surface area contributed by atoms with Crippen molar-refractivity contribution in [3.63, 3.8) is 0 Å². The number of ether oxygens (including phenoxy) is 3. The zero-order chi connectivity index (χ0) is 21.2. The molecule has 0 bridgehead atoms. The number of amides is 1. The van der Waals surface area contributed by atoms with Gasteiger partial charge in [-0.25, -0.2) is 10.2 Å². The van der Waals surface area contributed by atoms with E-state index < -0.39 is 18.5 Å². The fourth-order valence-corrected chi connectivity index (χ4v) is 2.52. The van der Waals surface area contributed by atoms with Gasteiger partial charge < -0.3 is 19.3 Å². The number of halogens is 1. The van der Waals surface area contributed by atoms with Crippen molar-refractivity contribution >= 4 is 29.7 Å². The van der Waals surface area contributed by atoms with E-state index in [0.717, 1.165) is 0 Å². The minimum Gasteiger partial charge on any atom is -0.490 e. The molecule has 0 unspecified atom stereocenters. The van der Waals surface area contributed by atoms with Crippen LogP contribution in [0.4, 0.5) is 0 Å². The first-order chi connectivity index (χ1) is 13.9. The van der Waals surface area contributed by atoms with E-state index in [9.17, 15) is 9.59 Å². The van der Waals surface area contributed by atoms with Gasteiger partial charge in [-0.15, -0.1) is 0 Å². The molecule has 0 aliphatic rings. The van der Waals surface area contributed by atoms with Crippen molar-refractivity contribution in [1.29, 1.82) is 0 Å². The van der Waals surface area contributed by atoms with Crippen molar-refractivity contribution in [1.82, 2.24) is 5.43 Å². The smallest absolute Gasteiger partial charge is 0.341 e. The summed E-state index contributed by atoms with van der Waals surface area (Å²) in [6, 6.07) is 9.56. The maximum atomic E-state index is 12.3. The highest BCUT2D eigenvalue weighted by Gasteiger charge is 2.11. The number of carbonyl (C=O) groups is 2. The van der Waals surface area contributed by atoms with E-state index in [-0.39, 0.29) is 10.8 Å².